The number of anilines is 2. The van der Waals surface area contributed by atoms with Crippen LogP contribution in [0.2, 0.25) is 0 Å². The van der Waals surface area contributed by atoms with E-state index in [1.165, 1.54) is 17.7 Å². The Morgan fingerprint density at radius 1 is 1.24 bits per heavy atom. The van der Waals surface area contributed by atoms with Crippen LogP contribution < -0.4 is 16.4 Å². The normalized spacial score (nSPS) is 19.6. The average molecular weight is 481 g/mol. The number of nitrogens with one attached hydrogen (secondary N) is 2. The molecule has 3 heterocycles. The maximum absolute atomic E-state index is 13.3. The summed E-state index contributed by atoms with van der Waals surface area (Å²) >= 11 is 1.55. The summed E-state index contributed by atoms with van der Waals surface area (Å²) < 4.78 is 7.61. The van der Waals surface area contributed by atoms with E-state index in [9.17, 15) is 9.59 Å². The summed E-state index contributed by atoms with van der Waals surface area (Å²) in [4.78, 5) is 27.0. The van der Waals surface area contributed by atoms with Gasteiger partial charge in [0, 0.05) is 36.5 Å². The fraction of sp³-hybridized carbons (Fsp3) is 0.500. The highest BCUT2D eigenvalue weighted by atomic mass is 32.1. The second kappa shape index (κ2) is 8.26. The summed E-state index contributed by atoms with van der Waals surface area (Å²) in [5.41, 5.74) is 8.88. The number of rotatable bonds is 7. The lowest BCUT2D eigenvalue weighted by molar-refractivity contribution is -0.117. The molecule has 1 unspecified atom stereocenters. The Morgan fingerprint density at radius 2 is 2.06 bits per heavy atom. The quantitative estimate of drug-likeness (QED) is 0.473. The molecule has 0 spiro atoms. The molecular weight excluding hydrogens is 452 g/mol. The van der Waals surface area contributed by atoms with Gasteiger partial charge in [-0.1, -0.05) is 0 Å². The van der Waals surface area contributed by atoms with Crippen LogP contribution in [0, 0.1) is 18.8 Å². The molecule has 3 aliphatic carbocycles. The highest BCUT2D eigenvalue weighted by Crippen LogP contribution is 2.43. The van der Waals surface area contributed by atoms with Crippen molar-refractivity contribution in [1.29, 1.82) is 0 Å². The summed E-state index contributed by atoms with van der Waals surface area (Å²) in [6, 6.07) is 2.00. The zero-order valence-corrected chi connectivity index (χ0v) is 19.9. The summed E-state index contributed by atoms with van der Waals surface area (Å²) in [5, 5.41) is 14.9. The van der Waals surface area contributed by atoms with Gasteiger partial charge in [-0.25, -0.2) is 0 Å². The van der Waals surface area contributed by atoms with E-state index in [0.29, 0.717) is 47.0 Å². The Labute approximate surface area is 201 Å². The number of aryl methyl sites for hydroxylation is 2. The van der Waals surface area contributed by atoms with Gasteiger partial charge in [0.05, 0.1) is 11.1 Å². The topological polar surface area (TPSA) is 128 Å². The van der Waals surface area contributed by atoms with Crippen molar-refractivity contribution in [1.82, 2.24) is 20.1 Å². The molecule has 3 aliphatic rings. The molecule has 2 fully saturated rings. The van der Waals surface area contributed by atoms with Crippen LogP contribution in [-0.4, -0.2) is 33.1 Å². The smallest absolute Gasteiger partial charge is 0.254 e. The van der Waals surface area contributed by atoms with E-state index in [1.807, 2.05) is 16.8 Å². The Balaban J connectivity index is 1.29. The van der Waals surface area contributed by atoms with Gasteiger partial charge in [0.1, 0.15) is 10.8 Å². The van der Waals surface area contributed by atoms with Crippen LogP contribution in [0.5, 0.6) is 0 Å². The number of aromatic nitrogens is 3. The van der Waals surface area contributed by atoms with Crippen molar-refractivity contribution in [3.05, 3.63) is 34.2 Å². The van der Waals surface area contributed by atoms with E-state index in [-0.39, 0.29) is 23.8 Å². The molecule has 0 aliphatic heterocycles. The Morgan fingerprint density at radius 3 is 2.76 bits per heavy atom. The molecule has 2 amide bonds. The van der Waals surface area contributed by atoms with Crippen molar-refractivity contribution >= 4 is 34.0 Å². The van der Waals surface area contributed by atoms with Gasteiger partial charge in [-0.15, -0.1) is 21.5 Å². The predicted molar refractivity (Wildman–Crippen MR) is 129 cm³/mol. The summed E-state index contributed by atoms with van der Waals surface area (Å²) in [6.07, 6.45) is 8.56. The number of nitrogen functional groups attached to an aromatic ring is 1. The standard InChI is InChI=1S/C24H28N6O3S/c1-12-28-29-23(33-12)16-8-9-30(20(16)25)15-6-7-18-17(10-15)19(22(32)26-11-13-2-3-13)24(34-18)27-21(31)14-4-5-14/h8-9,13-15H,2-7,10-11,25H2,1H3,(H,26,32)(H,27,31). The van der Waals surface area contributed by atoms with Crippen molar-refractivity contribution in [3.8, 4) is 11.5 Å². The number of hydrogen-bond donors (Lipinski definition) is 3. The number of carbonyl (C=O) groups is 2. The van der Waals surface area contributed by atoms with Crippen molar-refractivity contribution in [2.24, 2.45) is 11.8 Å². The number of fused-ring (bicyclic) bond motifs is 1. The van der Waals surface area contributed by atoms with E-state index in [0.717, 1.165) is 36.8 Å². The number of nitrogens with zero attached hydrogens (tertiary/aromatic N) is 3. The third kappa shape index (κ3) is 4.00. The number of carbonyl (C=O) groups excluding carboxylic acids is 2. The van der Waals surface area contributed by atoms with E-state index < -0.39 is 0 Å². The van der Waals surface area contributed by atoms with Gasteiger partial charge >= 0.3 is 0 Å². The number of nitrogens with two attached hydrogens (primary N) is 1. The fourth-order valence-corrected chi connectivity index (χ4v) is 5.95. The lowest BCUT2D eigenvalue weighted by Crippen LogP contribution is -2.28. The van der Waals surface area contributed by atoms with Crippen molar-refractivity contribution in [2.75, 3.05) is 17.6 Å². The average Bonchev–Trinajstić information content (AvgIpc) is 3.73. The van der Waals surface area contributed by atoms with Crippen LogP contribution in [0.15, 0.2) is 16.7 Å². The van der Waals surface area contributed by atoms with Crippen LogP contribution in [0.25, 0.3) is 11.5 Å². The molecule has 0 radical (unpaired) electrons. The van der Waals surface area contributed by atoms with E-state index in [4.69, 9.17) is 10.2 Å². The van der Waals surface area contributed by atoms with Crippen LogP contribution in [-0.2, 0) is 17.6 Å². The molecule has 3 aromatic heterocycles. The molecule has 2 saturated carbocycles. The fourth-order valence-electron chi connectivity index (χ4n) is 4.70. The summed E-state index contributed by atoms with van der Waals surface area (Å²) in [6.45, 7) is 2.44. The lowest BCUT2D eigenvalue weighted by Gasteiger charge is -2.25. The van der Waals surface area contributed by atoms with Gasteiger partial charge in [0.25, 0.3) is 11.8 Å². The molecule has 178 valence electrons. The number of thiophene rings is 1. The molecule has 10 heteroatoms. The van der Waals surface area contributed by atoms with Crippen LogP contribution in [0.1, 0.15) is 64.8 Å². The first-order valence-electron chi connectivity index (χ1n) is 12.0. The van der Waals surface area contributed by atoms with Crippen molar-refractivity contribution in [3.63, 3.8) is 0 Å². The predicted octanol–water partition coefficient (Wildman–Crippen LogP) is 3.71. The monoisotopic (exact) mass is 480 g/mol. The third-order valence-electron chi connectivity index (χ3n) is 7.00. The molecule has 9 nitrogen and oxygen atoms in total. The van der Waals surface area contributed by atoms with Gasteiger partial charge in [0.15, 0.2) is 0 Å². The maximum atomic E-state index is 13.3. The minimum atomic E-state index is -0.0846. The summed E-state index contributed by atoms with van der Waals surface area (Å²) in [5.74, 6) is 2.09. The molecular formula is C24H28N6O3S. The molecule has 3 aromatic rings. The zero-order valence-electron chi connectivity index (χ0n) is 19.1. The van der Waals surface area contributed by atoms with Gasteiger partial charge < -0.3 is 25.4 Å². The number of amides is 2. The largest absolute Gasteiger partial charge is 0.421 e. The molecule has 4 N–H and O–H groups in total. The van der Waals surface area contributed by atoms with Crippen LogP contribution in [0.3, 0.4) is 0 Å². The van der Waals surface area contributed by atoms with Gasteiger partial charge in [-0.3, -0.25) is 9.59 Å². The van der Waals surface area contributed by atoms with Crippen molar-refractivity contribution in [2.45, 2.75) is 57.9 Å². The Bertz CT molecular complexity index is 1270. The minimum Gasteiger partial charge on any atom is -0.421 e. The zero-order chi connectivity index (χ0) is 23.4. The number of hydrogen-bond acceptors (Lipinski definition) is 7. The van der Waals surface area contributed by atoms with Gasteiger partial charge in [-0.05, 0) is 62.5 Å². The lowest BCUT2D eigenvalue weighted by atomic mass is 9.91. The minimum absolute atomic E-state index is 0.0283. The molecule has 0 aromatic carbocycles. The Kier molecular flexibility index (Phi) is 5.20. The first-order valence-corrected chi connectivity index (χ1v) is 12.8. The second-order valence-corrected chi connectivity index (χ2v) is 10.8. The highest BCUT2D eigenvalue weighted by Gasteiger charge is 2.35. The molecule has 6 rings (SSSR count). The van der Waals surface area contributed by atoms with Gasteiger partial charge in [-0.2, -0.15) is 0 Å². The maximum Gasteiger partial charge on any atom is 0.254 e. The van der Waals surface area contributed by atoms with Crippen LogP contribution >= 0.6 is 11.3 Å². The summed E-state index contributed by atoms with van der Waals surface area (Å²) in [7, 11) is 0. The SMILES string of the molecule is Cc1nnc(-c2ccn(C3CCc4sc(NC(=O)C5CC5)c(C(=O)NCC5CC5)c4C3)c2N)o1. The Hall–Kier alpha value is -3.14. The first-order chi connectivity index (χ1) is 16.5. The molecule has 0 bridgehead atoms. The van der Waals surface area contributed by atoms with Crippen molar-refractivity contribution < 1.29 is 14.0 Å². The second-order valence-electron chi connectivity index (χ2n) is 9.67. The third-order valence-corrected chi connectivity index (χ3v) is 8.21. The highest BCUT2D eigenvalue weighted by molar-refractivity contribution is 7.17. The van der Waals surface area contributed by atoms with Crippen LogP contribution in [0.4, 0.5) is 10.8 Å². The van der Waals surface area contributed by atoms with E-state index >= 15 is 0 Å². The van der Waals surface area contributed by atoms with Gasteiger partial charge in [0.2, 0.25) is 11.8 Å². The first kappa shape index (κ1) is 21.4. The molecule has 0 saturated heterocycles. The van der Waals surface area contributed by atoms with E-state index in [2.05, 4.69) is 20.8 Å². The van der Waals surface area contributed by atoms with E-state index in [1.54, 1.807) is 18.3 Å². The molecule has 1 atom stereocenters. The molecule has 34 heavy (non-hydrogen) atoms.